The van der Waals surface area contributed by atoms with Crippen LogP contribution in [0.3, 0.4) is 0 Å². The van der Waals surface area contributed by atoms with Crippen LogP contribution in [0.2, 0.25) is 0 Å². The lowest BCUT2D eigenvalue weighted by molar-refractivity contribution is -0.0226. The highest BCUT2D eigenvalue weighted by molar-refractivity contribution is 4.63. The van der Waals surface area contributed by atoms with E-state index < -0.39 is 0 Å². The van der Waals surface area contributed by atoms with E-state index >= 15 is 0 Å². The van der Waals surface area contributed by atoms with E-state index in [0.717, 1.165) is 13.0 Å². The van der Waals surface area contributed by atoms with Crippen molar-refractivity contribution >= 4 is 0 Å². The SMILES string of the molecule is C=CCOCCOCCOCCOCCOCCOCCOCCOCCCCCCC. The Morgan fingerprint density at radius 2 is 0.719 bits per heavy atom. The molecule has 8 nitrogen and oxygen atoms in total. The van der Waals surface area contributed by atoms with Crippen LogP contribution in [0, 0.1) is 0 Å². The zero-order valence-electron chi connectivity index (χ0n) is 20.4. The second-order valence-electron chi connectivity index (χ2n) is 7.06. The maximum Gasteiger partial charge on any atom is 0.0704 e. The molecule has 32 heavy (non-hydrogen) atoms. The summed E-state index contributed by atoms with van der Waals surface area (Å²) >= 11 is 0. The second kappa shape index (κ2) is 30.4. The third-order valence-electron chi connectivity index (χ3n) is 4.23. The van der Waals surface area contributed by atoms with E-state index in [1.54, 1.807) is 6.08 Å². The molecule has 0 unspecified atom stereocenters. The maximum atomic E-state index is 5.54. The van der Waals surface area contributed by atoms with Gasteiger partial charge in [0.05, 0.1) is 99.1 Å². The molecule has 0 N–H and O–H groups in total. The van der Waals surface area contributed by atoms with E-state index in [9.17, 15) is 0 Å². The first kappa shape index (κ1) is 31.4. The standard InChI is InChI=1S/C24H48O8/c1-3-5-6-7-8-10-26-12-14-28-16-18-30-20-22-32-24-23-31-21-19-29-17-15-27-13-11-25-9-4-2/h4H,2-3,5-24H2,1H3. The number of hydrogen-bond acceptors (Lipinski definition) is 8. The van der Waals surface area contributed by atoms with Gasteiger partial charge in [0.1, 0.15) is 0 Å². The van der Waals surface area contributed by atoms with Crippen LogP contribution in [-0.4, -0.2) is 106 Å². The quantitative estimate of drug-likeness (QED) is 0.123. The van der Waals surface area contributed by atoms with Gasteiger partial charge >= 0.3 is 0 Å². The predicted molar refractivity (Wildman–Crippen MR) is 126 cm³/mol. The topological polar surface area (TPSA) is 73.8 Å². The average Bonchev–Trinajstić information content (AvgIpc) is 2.81. The molecule has 0 fully saturated rings. The molecule has 0 amide bonds. The summed E-state index contributed by atoms with van der Waals surface area (Å²) in [6, 6.07) is 0. The van der Waals surface area contributed by atoms with Gasteiger partial charge in [-0.05, 0) is 6.42 Å². The number of hydrogen-bond donors (Lipinski definition) is 0. The molecule has 0 aliphatic heterocycles. The summed E-state index contributed by atoms with van der Waals surface area (Å²) in [7, 11) is 0. The van der Waals surface area contributed by atoms with E-state index in [0.29, 0.717) is 99.1 Å². The smallest absolute Gasteiger partial charge is 0.0704 e. The molecule has 0 aromatic rings. The van der Waals surface area contributed by atoms with Crippen molar-refractivity contribution in [2.75, 3.05) is 106 Å². The molecule has 0 atom stereocenters. The van der Waals surface area contributed by atoms with Gasteiger partial charge in [0.15, 0.2) is 0 Å². The molecule has 192 valence electrons. The highest BCUT2D eigenvalue weighted by atomic mass is 16.6. The summed E-state index contributed by atoms with van der Waals surface area (Å²) < 4.78 is 43.3. The van der Waals surface area contributed by atoms with E-state index in [2.05, 4.69) is 13.5 Å². The van der Waals surface area contributed by atoms with Crippen molar-refractivity contribution in [3.8, 4) is 0 Å². The molecule has 0 heterocycles. The summed E-state index contributed by atoms with van der Waals surface area (Å²) in [4.78, 5) is 0. The van der Waals surface area contributed by atoms with Crippen LogP contribution in [0.25, 0.3) is 0 Å². The van der Waals surface area contributed by atoms with E-state index in [1.165, 1.54) is 25.7 Å². The van der Waals surface area contributed by atoms with Gasteiger partial charge in [0, 0.05) is 6.61 Å². The Balaban J connectivity index is 2.99. The van der Waals surface area contributed by atoms with Gasteiger partial charge < -0.3 is 37.9 Å². The molecule has 0 aromatic heterocycles. The fourth-order valence-electron chi connectivity index (χ4n) is 2.51. The zero-order chi connectivity index (χ0) is 23.2. The van der Waals surface area contributed by atoms with E-state index in [-0.39, 0.29) is 0 Å². The van der Waals surface area contributed by atoms with Crippen LogP contribution in [-0.2, 0) is 37.9 Å². The maximum absolute atomic E-state index is 5.54. The fraction of sp³-hybridized carbons (Fsp3) is 0.917. The van der Waals surface area contributed by atoms with Crippen molar-refractivity contribution < 1.29 is 37.9 Å². The monoisotopic (exact) mass is 464 g/mol. The molecule has 0 bridgehead atoms. The highest BCUT2D eigenvalue weighted by Crippen LogP contribution is 2.02. The third kappa shape index (κ3) is 29.4. The summed E-state index contributed by atoms with van der Waals surface area (Å²) in [6.07, 6.45) is 8.03. The van der Waals surface area contributed by atoms with E-state index in [4.69, 9.17) is 37.9 Å². The summed E-state index contributed by atoms with van der Waals surface area (Å²) in [5, 5.41) is 0. The molecule has 0 spiro atoms. The van der Waals surface area contributed by atoms with Crippen LogP contribution < -0.4 is 0 Å². The predicted octanol–water partition coefficient (Wildman–Crippen LogP) is 3.28. The highest BCUT2D eigenvalue weighted by Gasteiger charge is 1.95. The average molecular weight is 465 g/mol. The van der Waals surface area contributed by atoms with Crippen LogP contribution in [0.4, 0.5) is 0 Å². The molecule has 0 aromatic carbocycles. The van der Waals surface area contributed by atoms with Gasteiger partial charge in [0.2, 0.25) is 0 Å². The van der Waals surface area contributed by atoms with Gasteiger partial charge in [-0.2, -0.15) is 0 Å². The van der Waals surface area contributed by atoms with Crippen molar-refractivity contribution in [1.82, 2.24) is 0 Å². The van der Waals surface area contributed by atoms with Crippen molar-refractivity contribution in [1.29, 1.82) is 0 Å². The molecular weight excluding hydrogens is 416 g/mol. The lowest BCUT2D eigenvalue weighted by atomic mass is 10.2. The Bertz CT molecular complexity index is 344. The Hall–Kier alpha value is -0.580. The van der Waals surface area contributed by atoms with Gasteiger partial charge in [-0.15, -0.1) is 6.58 Å². The van der Waals surface area contributed by atoms with Crippen molar-refractivity contribution in [2.24, 2.45) is 0 Å². The largest absolute Gasteiger partial charge is 0.379 e. The minimum absolute atomic E-state index is 0.544. The lowest BCUT2D eigenvalue weighted by Crippen LogP contribution is -2.15. The minimum atomic E-state index is 0.544. The zero-order valence-corrected chi connectivity index (χ0v) is 20.4. The first-order valence-corrected chi connectivity index (χ1v) is 12.1. The molecular formula is C24H48O8. The molecule has 0 saturated carbocycles. The fourth-order valence-corrected chi connectivity index (χ4v) is 2.51. The summed E-state index contributed by atoms with van der Waals surface area (Å²) in [6.45, 7) is 15.1. The number of unbranched alkanes of at least 4 members (excludes halogenated alkanes) is 4. The lowest BCUT2D eigenvalue weighted by Gasteiger charge is -2.08. The van der Waals surface area contributed by atoms with Gasteiger partial charge in [-0.3, -0.25) is 0 Å². The number of rotatable bonds is 29. The second-order valence-corrected chi connectivity index (χ2v) is 7.06. The van der Waals surface area contributed by atoms with Crippen LogP contribution in [0.15, 0.2) is 12.7 Å². The minimum Gasteiger partial charge on any atom is -0.379 e. The van der Waals surface area contributed by atoms with Crippen LogP contribution >= 0.6 is 0 Å². The molecule has 0 saturated heterocycles. The van der Waals surface area contributed by atoms with Crippen molar-refractivity contribution in [3.63, 3.8) is 0 Å². The van der Waals surface area contributed by atoms with Crippen LogP contribution in [0.5, 0.6) is 0 Å². The third-order valence-corrected chi connectivity index (χ3v) is 4.23. The number of ether oxygens (including phenoxy) is 8. The Morgan fingerprint density at radius 3 is 1.06 bits per heavy atom. The Kier molecular flexibility index (Phi) is 29.9. The van der Waals surface area contributed by atoms with Crippen LogP contribution in [0.1, 0.15) is 39.0 Å². The summed E-state index contributed by atoms with van der Waals surface area (Å²) in [5.74, 6) is 0. The van der Waals surface area contributed by atoms with Gasteiger partial charge in [-0.1, -0.05) is 38.7 Å². The molecule has 0 rings (SSSR count). The van der Waals surface area contributed by atoms with Crippen molar-refractivity contribution in [2.45, 2.75) is 39.0 Å². The Morgan fingerprint density at radius 1 is 0.406 bits per heavy atom. The first-order valence-electron chi connectivity index (χ1n) is 12.1. The van der Waals surface area contributed by atoms with Gasteiger partial charge in [-0.25, -0.2) is 0 Å². The molecule has 0 aliphatic rings. The normalized spacial score (nSPS) is 11.3. The summed E-state index contributed by atoms with van der Waals surface area (Å²) in [5.41, 5.74) is 0. The van der Waals surface area contributed by atoms with Gasteiger partial charge in [0.25, 0.3) is 0 Å². The molecule has 0 radical (unpaired) electrons. The molecule has 0 aliphatic carbocycles. The van der Waals surface area contributed by atoms with E-state index in [1.807, 2.05) is 0 Å². The van der Waals surface area contributed by atoms with Crippen molar-refractivity contribution in [3.05, 3.63) is 12.7 Å². The Labute approximate surface area is 195 Å². The first-order chi connectivity index (χ1) is 15.9. The molecule has 8 heteroatoms.